The second-order valence-corrected chi connectivity index (χ2v) is 8.56. The lowest BCUT2D eigenvalue weighted by molar-refractivity contribution is -0.0316. The molecule has 9 nitrogen and oxygen atoms in total. The number of hydrogen-bond acceptors (Lipinski definition) is 7. The summed E-state index contributed by atoms with van der Waals surface area (Å²) < 4.78 is 30.4. The standard InChI is InChI=1S/C22H24FN7O2/c1-11-9-32-18-13(23)6-7-14-17(18)29(11)20(27-14)12(2)21-28-16-19(24)25-10-26-22(16)30(21)15-5-3-4-8-31-15/h6-7,10-12,15H,3-5,8-9H2,1-2H3,(H2,24,25,26)/t11-,12+,15?/m1/s1. The molecule has 1 aromatic carbocycles. The first-order chi connectivity index (χ1) is 15.5. The summed E-state index contributed by atoms with van der Waals surface area (Å²) in [4.78, 5) is 18.4. The molecule has 3 aromatic heterocycles. The van der Waals surface area contributed by atoms with Crippen LogP contribution in [0.3, 0.4) is 0 Å². The van der Waals surface area contributed by atoms with Gasteiger partial charge in [0.05, 0.1) is 17.5 Å². The monoisotopic (exact) mass is 437 g/mol. The number of imidazole rings is 2. The van der Waals surface area contributed by atoms with Gasteiger partial charge in [-0.3, -0.25) is 4.57 Å². The number of nitrogens with zero attached hydrogens (tertiary/aromatic N) is 6. The molecule has 2 N–H and O–H groups in total. The topological polar surface area (TPSA) is 106 Å². The molecule has 1 fully saturated rings. The van der Waals surface area contributed by atoms with E-state index < -0.39 is 0 Å². The summed E-state index contributed by atoms with van der Waals surface area (Å²) in [6.45, 7) is 5.16. The van der Waals surface area contributed by atoms with Crippen molar-refractivity contribution in [2.24, 2.45) is 0 Å². The van der Waals surface area contributed by atoms with Gasteiger partial charge in [-0.25, -0.2) is 24.3 Å². The third-order valence-electron chi connectivity index (χ3n) is 6.45. The number of nitrogen functional groups attached to an aromatic ring is 1. The maximum absolute atomic E-state index is 14.5. The van der Waals surface area contributed by atoms with Gasteiger partial charge in [-0.05, 0) is 45.2 Å². The molecule has 0 radical (unpaired) electrons. The fourth-order valence-corrected chi connectivity index (χ4v) is 4.89. The van der Waals surface area contributed by atoms with E-state index in [0.717, 1.165) is 30.9 Å². The first-order valence-electron chi connectivity index (χ1n) is 11.0. The van der Waals surface area contributed by atoms with Crippen LogP contribution < -0.4 is 10.5 Å². The second-order valence-electron chi connectivity index (χ2n) is 8.56. The molecule has 10 heteroatoms. The van der Waals surface area contributed by atoms with Crippen LogP contribution >= 0.6 is 0 Å². The molecule has 0 amide bonds. The fourth-order valence-electron chi connectivity index (χ4n) is 4.89. The van der Waals surface area contributed by atoms with E-state index in [1.807, 2.05) is 18.4 Å². The molecule has 0 saturated carbocycles. The molecule has 1 unspecified atom stereocenters. The Morgan fingerprint density at radius 2 is 2.00 bits per heavy atom. The Balaban J connectivity index is 1.58. The Kier molecular flexibility index (Phi) is 4.32. The highest BCUT2D eigenvalue weighted by atomic mass is 19.1. The molecular weight excluding hydrogens is 413 g/mol. The van der Waals surface area contributed by atoms with Gasteiger partial charge in [0.1, 0.15) is 36.3 Å². The Morgan fingerprint density at radius 3 is 2.81 bits per heavy atom. The third kappa shape index (κ3) is 2.72. The first kappa shape index (κ1) is 19.4. The van der Waals surface area contributed by atoms with E-state index in [1.54, 1.807) is 6.07 Å². The van der Waals surface area contributed by atoms with Gasteiger partial charge in [-0.1, -0.05) is 0 Å². The number of benzene rings is 1. The van der Waals surface area contributed by atoms with Gasteiger partial charge in [0, 0.05) is 6.61 Å². The van der Waals surface area contributed by atoms with Gasteiger partial charge >= 0.3 is 0 Å². The second kappa shape index (κ2) is 7.13. The molecule has 5 heterocycles. The van der Waals surface area contributed by atoms with Crippen molar-refractivity contribution in [1.82, 2.24) is 29.1 Å². The van der Waals surface area contributed by atoms with E-state index in [-0.39, 0.29) is 29.8 Å². The lowest BCUT2D eigenvalue weighted by Crippen LogP contribution is -2.25. The predicted octanol–water partition coefficient (Wildman–Crippen LogP) is 3.70. The number of hydrogen-bond donors (Lipinski definition) is 1. The first-order valence-corrected chi connectivity index (χ1v) is 11.0. The highest BCUT2D eigenvalue weighted by molar-refractivity contribution is 5.84. The molecule has 0 bridgehead atoms. The summed E-state index contributed by atoms with van der Waals surface area (Å²) in [6.07, 6.45) is 4.24. The maximum Gasteiger partial charge on any atom is 0.180 e. The molecule has 166 valence electrons. The largest absolute Gasteiger partial charge is 0.486 e. The summed E-state index contributed by atoms with van der Waals surface area (Å²) in [5, 5.41) is 0. The van der Waals surface area contributed by atoms with Crippen molar-refractivity contribution in [1.29, 1.82) is 0 Å². The van der Waals surface area contributed by atoms with E-state index in [2.05, 4.69) is 14.5 Å². The Bertz CT molecular complexity index is 1340. The van der Waals surface area contributed by atoms with E-state index in [9.17, 15) is 4.39 Å². The third-order valence-corrected chi connectivity index (χ3v) is 6.45. The minimum atomic E-state index is -0.379. The number of fused-ring (bicyclic) bond motifs is 1. The zero-order chi connectivity index (χ0) is 22.0. The maximum atomic E-state index is 14.5. The average molecular weight is 437 g/mol. The van der Waals surface area contributed by atoms with Crippen molar-refractivity contribution >= 4 is 28.0 Å². The van der Waals surface area contributed by atoms with Crippen molar-refractivity contribution in [3.8, 4) is 5.75 Å². The quantitative estimate of drug-likeness (QED) is 0.521. The molecule has 2 aliphatic heterocycles. The number of anilines is 1. The minimum absolute atomic E-state index is 0.000343. The van der Waals surface area contributed by atoms with E-state index in [4.69, 9.17) is 25.2 Å². The van der Waals surface area contributed by atoms with E-state index in [1.165, 1.54) is 12.4 Å². The minimum Gasteiger partial charge on any atom is -0.486 e. The van der Waals surface area contributed by atoms with Crippen LogP contribution in [0.4, 0.5) is 10.2 Å². The Morgan fingerprint density at radius 1 is 1.16 bits per heavy atom. The molecule has 0 spiro atoms. The van der Waals surface area contributed by atoms with Gasteiger partial charge in [0.15, 0.2) is 28.5 Å². The SMILES string of the molecule is C[C@H](c1nc2c(N)ncnc2n1C1CCCCO1)c1nc2ccc(F)c3c2n1[C@H](C)CO3. The van der Waals surface area contributed by atoms with Crippen LogP contribution in [0.25, 0.3) is 22.2 Å². The lowest BCUT2D eigenvalue weighted by Gasteiger charge is -2.28. The molecule has 0 aliphatic carbocycles. The summed E-state index contributed by atoms with van der Waals surface area (Å²) in [7, 11) is 0. The van der Waals surface area contributed by atoms with Crippen molar-refractivity contribution in [2.75, 3.05) is 18.9 Å². The van der Waals surface area contributed by atoms with Gasteiger partial charge in [0.25, 0.3) is 0 Å². The van der Waals surface area contributed by atoms with Crippen molar-refractivity contribution in [3.63, 3.8) is 0 Å². The Hall–Kier alpha value is -3.27. The molecule has 1 saturated heterocycles. The van der Waals surface area contributed by atoms with Crippen LogP contribution in [0.2, 0.25) is 0 Å². The van der Waals surface area contributed by atoms with Crippen molar-refractivity contribution in [3.05, 3.63) is 35.9 Å². The van der Waals surface area contributed by atoms with Crippen LogP contribution in [0.15, 0.2) is 18.5 Å². The molecule has 3 atom stereocenters. The average Bonchev–Trinajstić information content (AvgIpc) is 3.39. The Labute approximate surface area is 183 Å². The predicted molar refractivity (Wildman–Crippen MR) is 116 cm³/mol. The van der Waals surface area contributed by atoms with Crippen LogP contribution in [-0.2, 0) is 4.74 Å². The van der Waals surface area contributed by atoms with Gasteiger partial charge in [0.2, 0.25) is 0 Å². The summed E-state index contributed by atoms with van der Waals surface area (Å²) >= 11 is 0. The summed E-state index contributed by atoms with van der Waals surface area (Å²) in [5.74, 6) is 1.53. The van der Waals surface area contributed by atoms with E-state index >= 15 is 0 Å². The smallest absolute Gasteiger partial charge is 0.180 e. The van der Waals surface area contributed by atoms with Crippen LogP contribution in [0.5, 0.6) is 5.75 Å². The molecule has 2 aliphatic rings. The highest BCUT2D eigenvalue weighted by Crippen LogP contribution is 2.40. The van der Waals surface area contributed by atoms with Crippen molar-refractivity contribution in [2.45, 2.75) is 51.3 Å². The fraction of sp³-hybridized carbons (Fsp3) is 0.455. The van der Waals surface area contributed by atoms with Crippen molar-refractivity contribution < 1.29 is 13.9 Å². The lowest BCUT2D eigenvalue weighted by atomic mass is 10.1. The summed E-state index contributed by atoms with van der Waals surface area (Å²) in [5.41, 5.74) is 8.74. The number of ether oxygens (including phenoxy) is 2. The molecule has 4 aromatic rings. The van der Waals surface area contributed by atoms with Gasteiger partial charge < -0.3 is 19.8 Å². The number of rotatable bonds is 3. The summed E-state index contributed by atoms with van der Waals surface area (Å²) in [6, 6.07) is 3.10. The molecule has 6 rings (SSSR count). The van der Waals surface area contributed by atoms with Crippen LogP contribution in [-0.4, -0.2) is 42.3 Å². The van der Waals surface area contributed by atoms with Crippen LogP contribution in [0.1, 0.15) is 62.9 Å². The van der Waals surface area contributed by atoms with Gasteiger partial charge in [-0.2, -0.15) is 0 Å². The zero-order valence-electron chi connectivity index (χ0n) is 18.0. The van der Waals surface area contributed by atoms with Gasteiger partial charge in [-0.15, -0.1) is 0 Å². The zero-order valence-corrected chi connectivity index (χ0v) is 18.0. The normalized spacial score (nSPS) is 21.7. The number of nitrogens with two attached hydrogens (primary N) is 1. The molecule has 32 heavy (non-hydrogen) atoms. The number of aromatic nitrogens is 6. The molecular formula is C22H24FN7O2. The van der Waals surface area contributed by atoms with Crippen LogP contribution in [0, 0.1) is 5.82 Å². The van der Waals surface area contributed by atoms with E-state index in [0.29, 0.717) is 41.2 Å². The number of halogens is 1. The highest BCUT2D eigenvalue weighted by Gasteiger charge is 2.33.